The summed E-state index contributed by atoms with van der Waals surface area (Å²) in [5.41, 5.74) is 7.10. The molecule has 4 nitrogen and oxygen atoms in total. The molecule has 1 aliphatic heterocycles. The van der Waals surface area contributed by atoms with Gasteiger partial charge in [0.15, 0.2) is 0 Å². The van der Waals surface area contributed by atoms with Gasteiger partial charge in [-0.3, -0.25) is 4.79 Å². The highest BCUT2D eigenvalue weighted by Crippen LogP contribution is 2.36. The lowest BCUT2D eigenvalue weighted by atomic mass is 9.74. The van der Waals surface area contributed by atoms with Crippen molar-refractivity contribution in [2.75, 3.05) is 26.3 Å². The highest BCUT2D eigenvalue weighted by Gasteiger charge is 2.37. The minimum Gasteiger partial charge on any atom is -0.381 e. The van der Waals surface area contributed by atoms with E-state index >= 15 is 0 Å². The molecular weight excluding hydrogens is 404 g/mol. The van der Waals surface area contributed by atoms with Crippen LogP contribution in [-0.2, 0) is 14.9 Å². The van der Waals surface area contributed by atoms with Gasteiger partial charge in [-0.15, -0.1) is 12.4 Å². The first-order chi connectivity index (χ1) is 11.6. The highest BCUT2D eigenvalue weighted by molar-refractivity contribution is 9.10. The van der Waals surface area contributed by atoms with Crippen molar-refractivity contribution in [3.8, 4) is 0 Å². The van der Waals surface area contributed by atoms with E-state index in [2.05, 4.69) is 45.5 Å². The first-order valence-corrected chi connectivity index (χ1v) is 9.75. The number of amides is 1. The summed E-state index contributed by atoms with van der Waals surface area (Å²) in [6, 6.07) is 8.49. The summed E-state index contributed by atoms with van der Waals surface area (Å²) >= 11 is 3.50. The normalized spacial score (nSPS) is 25.2. The van der Waals surface area contributed by atoms with Gasteiger partial charge in [-0.05, 0) is 55.8 Å². The van der Waals surface area contributed by atoms with E-state index in [1.807, 2.05) is 0 Å². The van der Waals surface area contributed by atoms with Crippen LogP contribution in [0.25, 0.3) is 0 Å². The maximum Gasteiger partial charge on any atom is 0.223 e. The Kier molecular flexibility index (Phi) is 7.74. The molecule has 2 atom stereocenters. The predicted molar refractivity (Wildman–Crippen MR) is 106 cm³/mol. The zero-order valence-electron chi connectivity index (χ0n) is 14.5. The van der Waals surface area contributed by atoms with Crippen LogP contribution in [0, 0.1) is 11.8 Å². The summed E-state index contributed by atoms with van der Waals surface area (Å²) in [6.45, 7) is 2.80. The quantitative estimate of drug-likeness (QED) is 0.751. The zero-order chi connectivity index (χ0) is 17.0. The molecule has 140 valence electrons. The fourth-order valence-electron chi connectivity index (χ4n) is 4.18. The predicted octanol–water partition coefficient (Wildman–Crippen LogP) is 3.41. The lowest BCUT2D eigenvalue weighted by Gasteiger charge is -2.38. The summed E-state index contributed by atoms with van der Waals surface area (Å²) in [5.74, 6) is 0.631. The van der Waals surface area contributed by atoms with Gasteiger partial charge in [-0.1, -0.05) is 34.5 Å². The molecule has 0 spiro atoms. The molecule has 2 aliphatic rings. The fraction of sp³-hybridized carbons (Fsp3) is 0.632. The average molecular weight is 432 g/mol. The molecule has 0 radical (unpaired) electrons. The summed E-state index contributed by atoms with van der Waals surface area (Å²) in [6.07, 6.45) is 5.06. The van der Waals surface area contributed by atoms with Gasteiger partial charge in [0, 0.05) is 35.6 Å². The van der Waals surface area contributed by atoms with Crippen LogP contribution in [0.2, 0.25) is 0 Å². The third-order valence-corrected chi connectivity index (χ3v) is 6.33. The molecule has 0 bridgehead atoms. The number of ether oxygens (including phenoxy) is 1. The highest BCUT2D eigenvalue weighted by atomic mass is 79.9. The molecule has 25 heavy (non-hydrogen) atoms. The lowest BCUT2D eigenvalue weighted by Crippen LogP contribution is -2.46. The van der Waals surface area contributed by atoms with Crippen LogP contribution in [0.4, 0.5) is 0 Å². The number of carbonyl (C=O) groups is 1. The van der Waals surface area contributed by atoms with Crippen molar-refractivity contribution >= 4 is 34.2 Å². The first kappa shape index (κ1) is 20.7. The fourth-order valence-corrected chi connectivity index (χ4v) is 4.45. The second-order valence-corrected chi connectivity index (χ2v) is 8.07. The molecule has 3 N–H and O–H groups in total. The van der Waals surface area contributed by atoms with Crippen molar-refractivity contribution in [3.05, 3.63) is 34.3 Å². The number of halogens is 2. The van der Waals surface area contributed by atoms with Gasteiger partial charge >= 0.3 is 0 Å². The van der Waals surface area contributed by atoms with Gasteiger partial charge in [0.1, 0.15) is 0 Å². The minimum atomic E-state index is -0.0224. The number of hydrogen-bond donors (Lipinski definition) is 2. The lowest BCUT2D eigenvalue weighted by molar-refractivity contribution is -0.126. The molecule has 1 amide bonds. The van der Waals surface area contributed by atoms with Gasteiger partial charge in [0.25, 0.3) is 0 Å². The summed E-state index contributed by atoms with van der Waals surface area (Å²) in [5, 5.41) is 3.25. The van der Waals surface area contributed by atoms with Crippen LogP contribution in [0.15, 0.2) is 28.7 Å². The van der Waals surface area contributed by atoms with E-state index < -0.39 is 0 Å². The number of hydrogen-bond acceptors (Lipinski definition) is 3. The molecule has 6 heteroatoms. The van der Waals surface area contributed by atoms with Gasteiger partial charge in [-0.25, -0.2) is 0 Å². The Labute approximate surface area is 164 Å². The third kappa shape index (κ3) is 4.76. The van der Waals surface area contributed by atoms with Crippen LogP contribution in [0.5, 0.6) is 0 Å². The second kappa shape index (κ2) is 9.36. The van der Waals surface area contributed by atoms with E-state index in [1.165, 1.54) is 5.56 Å². The van der Waals surface area contributed by atoms with Gasteiger partial charge in [0.2, 0.25) is 5.91 Å². The third-order valence-electron chi connectivity index (χ3n) is 5.81. The van der Waals surface area contributed by atoms with E-state index in [-0.39, 0.29) is 29.6 Å². The van der Waals surface area contributed by atoms with E-state index in [0.717, 1.165) is 49.8 Å². The number of rotatable bonds is 5. The average Bonchev–Trinajstić information content (AvgIpc) is 3.10. The Morgan fingerprint density at radius 1 is 1.24 bits per heavy atom. The molecule has 1 saturated carbocycles. The van der Waals surface area contributed by atoms with Crippen LogP contribution in [0.1, 0.15) is 37.7 Å². The molecule has 1 aliphatic carbocycles. The van der Waals surface area contributed by atoms with Crippen molar-refractivity contribution < 1.29 is 9.53 Å². The number of nitrogens with one attached hydrogen (secondary N) is 1. The Balaban J connectivity index is 0.00000225. The second-order valence-electron chi connectivity index (χ2n) is 7.15. The summed E-state index contributed by atoms with van der Waals surface area (Å²) in [7, 11) is 0. The number of benzene rings is 1. The smallest absolute Gasteiger partial charge is 0.223 e. The van der Waals surface area contributed by atoms with Crippen LogP contribution < -0.4 is 11.1 Å². The first-order valence-electron chi connectivity index (χ1n) is 8.96. The topological polar surface area (TPSA) is 64.4 Å². The van der Waals surface area contributed by atoms with E-state index in [4.69, 9.17) is 10.5 Å². The molecule has 1 heterocycles. The molecule has 0 unspecified atom stereocenters. The van der Waals surface area contributed by atoms with Crippen molar-refractivity contribution in [3.63, 3.8) is 0 Å². The van der Waals surface area contributed by atoms with Gasteiger partial charge in [0.05, 0.1) is 0 Å². The van der Waals surface area contributed by atoms with E-state index in [1.54, 1.807) is 0 Å². The Morgan fingerprint density at radius 3 is 2.56 bits per heavy atom. The standard InChI is InChI=1S/C19H27BrN2O2.ClH/c20-16-6-4-15(5-7-16)19(8-10-24-11-9-19)13-22-18(23)17-3-1-2-14(17)12-21;/h4-7,14,17H,1-3,8-13,21H2,(H,22,23);1H/t14-,17-;/m1./s1. The SMILES string of the molecule is Cl.NC[C@H]1CCC[C@H]1C(=O)NCC1(c2ccc(Br)cc2)CCOCC1. The maximum absolute atomic E-state index is 12.7. The van der Waals surface area contributed by atoms with Crippen LogP contribution in [-0.4, -0.2) is 32.2 Å². The molecule has 0 aromatic heterocycles. The van der Waals surface area contributed by atoms with Gasteiger partial charge in [-0.2, -0.15) is 0 Å². The van der Waals surface area contributed by atoms with Crippen molar-refractivity contribution in [2.24, 2.45) is 17.6 Å². The molecule has 1 saturated heterocycles. The maximum atomic E-state index is 12.7. The van der Waals surface area contributed by atoms with Crippen molar-refractivity contribution in [1.82, 2.24) is 5.32 Å². The Hall–Kier alpha value is -0.620. The van der Waals surface area contributed by atoms with E-state index in [9.17, 15) is 4.79 Å². The van der Waals surface area contributed by atoms with Gasteiger partial charge < -0.3 is 15.8 Å². The monoisotopic (exact) mass is 430 g/mol. The van der Waals surface area contributed by atoms with E-state index in [0.29, 0.717) is 19.0 Å². The summed E-state index contributed by atoms with van der Waals surface area (Å²) in [4.78, 5) is 12.7. The number of carbonyl (C=O) groups excluding carboxylic acids is 1. The minimum absolute atomic E-state index is 0. The molecule has 3 rings (SSSR count). The van der Waals surface area contributed by atoms with Crippen LogP contribution in [0.3, 0.4) is 0 Å². The summed E-state index contributed by atoms with van der Waals surface area (Å²) < 4.78 is 6.65. The van der Waals surface area contributed by atoms with Crippen molar-refractivity contribution in [1.29, 1.82) is 0 Å². The molecule has 1 aromatic carbocycles. The Morgan fingerprint density at radius 2 is 1.92 bits per heavy atom. The van der Waals surface area contributed by atoms with Crippen LogP contribution >= 0.6 is 28.3 Å². The number of nitrogens with two attached hydrogens (primary N) is 1. The zero-order valence-corrected chi connectivity index (χ0v) is 16.9. The Bertz CT molecular complexity index is 561. The molecule has 1 aromatic rings. The molecular formula is C19H28BrClN2O2. The molecule has 2 fully saturated rings. The largest absolute Gasteiger partial charge is 0.381 e. The van der Waals surface area contributed by atoms with Crippen molar-refractivity contribution in [2.45, 2.75) is 37.5 Å².